The minimum Gasteiger partial charge on any atom is -0.467 e. The van der Waals surface area contributed by atoms with Gasteiger partial charge in [0.25, 0.3) is 0 Å². The molecule has 0 heterocycles. The molecule has 1 N–H and O–H groups in total. The first-order valence-corrected chi connectivity index (χ1v) is 6.11. The highest BCUT2D eigenvalue weighted by Gasteiger charge is 2.19. The predicted octanol–water partition coefficient (Wildman–Crippen LogP) is 4.01. The fourth-order valence-corrected chi connectivity index (χ4v) is 2.25. The Morgan fingerprint density at radius 3 is 2.29 bits per heavy atom. The summed E-state index contributed by atoms with van der Waals surface area (Å²) in [7, 11) is 1.33. The van der Waals surface area contributed by atoms with Crippen molar-refractivity contribution in [3.63, 3.8) is 0 Å². The smallest absolute Gasteiger partial charge is 0.328 e. The van der Waals surface area contributed by atoms with Crippen LogP contribution in [0.15, 0.2) is 12.1 Å². The Morgan fingerprint density at radius 1 is 1.35 bits per heavy atom. The molecule has 0 radical (unpaired) electrons. The van der Waals surface area contributed by atoms with E-state index in [1.54, 1.807) is 12.1 Å². The summed E-state index contributed by atoms with van der Waals surface area (Å²) in [5.74, 6) is -0.366. The van der Waals surface area contributed by atoms with Gasteiger partial charge in [0.05, 0.1) is 22.8 Å². The lowest BCUT2D eigenvalue weighted by atomic mass is 10.2. The molecular weight excluding hydrogens is 284 g/mol. The number of esters is 1. The van der Waals surface area contributed by atoms with Crippen molar-refractivity contribution in [1.29, 1.82) is 0 Å². The Hall–Kier alpha value is -0.640. The van der Waals surface area contributed by atoms with Crippen LogP contribution in [0.2, 0.25) is 15.1 Å². The molecule has 1 aromatic rings. The van der Waals surface area contributed by atoms with Crippen LogP contribution in [0.1, 0.15) is 13.3 Å². The molecule has 0 amide bonds. The molecule has 6 heteroatoms. The number of carbonyl (C=O) groups is 1. The van der Waals surface area contributed by atoms with Gasteiger partial charge in [-0.1, -0.05) is 41.7 Å². The zero-order valence-corrected chi connectivity index (χ0v) is 11.7. The van der Waals surface area contributed by atoms with Gasteiger partial charge in [-0.05, 0) is 18.6 Å². The van der Waals surface area contributed by atoms with E-state index < -0.39 is 6.04 Å². The zero-order chi connectivity index (χ0) is 13.0. The average Bonchev–Trinajstić information content (AvgIpc) is 2.27. The summed E-state index contributed by atoms with van der Waals surface area (Å²) in [6.07, 6.45) is 0.557. The first-order chi connectivity index (χ1) is 7.99. The van der Waals surface area contributed by atoms with Crippen molar-refractivity contribution in [2.75, 3.05) is 12.4 Å². The fourth-order valence-electron chi connectivity index (χ4n) is 1.32. The van der Waals surface area contributed by atoms with Crippen molar-refractivity contribution in [3.8, 4) is 0 Å². The van der Waals surface area contributed by atoms with Gasteiger partial charge in [0.15, 0.2) is 0 Å². The van der Waals surface area contributed by atoms with Gasteiger partial charge in [0.2, 0.25) is 0 Å². The predicted molar refractivity (Wildman–Crippen MR) is 71.2 cm³/mol. The van der Waals surface area contributed by atoms with Gasteiger partial charge >= 0.3 is 5.97 Å². The number of nitrogens with one attached hydrogen (secondary N) is 1. The Morgan fingerprint density at radius 2 is 1.88 bits per heavy atom. The maximum atomic E-state index is 11.4. The molecule has 0 aromatic heterocycles. The van der Waals surface area contributed by atoms with Crippen molar-refractivity contribution < 1.29 is 9.53 Å². The molecule has 0 saturated heterocycles. The molecule has 17 heavy (non-hydrogen) atoms. The number of methoxy groups -OCH3 is 1. The Bertz CT molecular complexity index is 400. The number of rotatable bonds is 4. The standard InChI is InChI=1S/C11H12Cl3NO2/c1-3-9(11(16)17-2)15-10-7(13)4-6(12)5-8(10)14/h4-5,9,15H,3H2,1-2H3. The van der Waals surface area contributed by atoms with Crippen LogP contribution in [0.3, 0.4) is 0 Å². The SMILES string of the molecule is CCC(Nc1c(Cl)cc(Cl)cc1Cl)C(=O)OC. The van der Waals surface area contributed by atoms with Gasteiger partial charge in [0.1, 0.15) is 6.04 Å². The van der Waals surface area contributed by atoms with Crippen LogP contribution in [0.5, 0.6) is 0 Å². The number of anilines is 1. The lowest BCUT2D eigenvalue weighted by molar-refractivity contribution is -0.141. The van der Waals surface area contributed by atoms with Gasteiger partial charge in [-0.25, -0.2) is 4.79 Å². The molecule has 0 spiro atoms. The molecule has 0 bridgehead atoms. The van der Waals surface area contributed by atoms with Crippen molar-refractivity contribution in [1.82, 2.24) is 0 Å². The van der Waals surface area contributed by atoms with Crippen LogP contribution in [-0.4, -0.2) is 19.1 Å². The van der Waals surface area contributed by atoms with Crippen LogP contribution in [0.4, 0.5) is 5.69 Å². The molecule has 1 unspecified atom stereocenters. The van der Waals surface area contributed by atoms with Crippen LogP contribution in [0, 0.1) is 0 Å². The second-order valence-electron chi connectivity index (χ2n) is 3.37. The second kappa shape index (κ2) is 6.34. The van der Waals surface area contributed by atoms with Gasteiger partial charge < -0.3 is 10.1 Å². The summed E-state index contributed by atoms with van der Waals surface area (Å²) in [5, 5.41) is 4.12. The lowest BCUT2D eigenvalue weighted by Crippen LogP contribution is -2.30. The summed E-state index contributed by atoms with van der Waals surface area (Å²) >= 11 is 17.8. The molecule has 0 aliphatic rings. The van der Waals surface area contributed by atoms with Gasteiger partial charge in [-0.15, -0.1) is 0 Å². The van der Waals surface area contributed by atoms with Crippen LogP contribution >= 0.6 is 34.8 Å². The highest BCUT2D eigenvalue weighted by molar-refractivity contribution is 6.41. The van der Waals surface area contributed by atoms with E-state index in [2.05, 4.69) is 10.1 Å². The minimum atomic E-state index is -0.490. The molecule has 0 fully saturated rings. The fraction of sp³-hybridized carbons (Fsp3) is 0.364. The largest absolute Gasteiger partial charge is 0.467 e. The van der Waals surface area contributed by atoms with E-state index in [9.17, 15) is 4.79 Å². The Kier molecular flexibility index (Phi) is 5.37. The third kappa shape index (κ3) is 3.66. The highest BCUT2D eigenvalue weighted by atomic mass is 35.5. The van der Waals surface area contributed by atoms with Crippen LogP contribution in [-0.2, 0) is 9.53 Å². The number of halogens is 3. The molecule has 1 atom stereocenters. The average molecular weight is 297 g/mol. The second-order valence-corrected chi connectivity index (χ2v) is 4.62. The van der Waals surface area contributed by atoms with Gasteiger partial charge in [-0.2, -0.15) is 0 Å². The molecule has 0 saturated carbocycles. The number of hydrogen-bond donors (Lipinski definition) is 1. The molecule has 0 aliphatic heterocycles. The topological polar surface area (TPSA) is 38.3 Å². The number of ether oxygens (including phenoxy) is 1. The summed E-state index contributed by atoms with van der Waals surface area (Å²) < 4.78 is 4.67. The first kappa shape index (κ1) is 14.4. The normalized spacial score (nSPS) is 12.1. The summed E-state index contributed by atoms with van der Waals surface area (Å²) in [6.45, 7) is 1.85. The van der Waals surface area contributed by atoms with Gasteiger partial charge in [0, 0.05) is 5.02 Å². The first-order valence-electron chi connectivity index (χ1n) is 4.98. The lowest BCUT2D eigenvalue weighted by Gasteiger charge is -2.18. The number of hydrogen-bond acceptors (Lipinski definition) is 3. The van der Waals surface area contributed by atoms with E-state index >= 15 is 0 Å². The Balaban J connectivity index is 2.98. The third-order valence-electron chi connectivity index (χ3n) is 2.22. The highest BCUT2D eigenvalue weighted by Crippen LogP contribution is 2.34. The van der Waals surface area contributed by atoms with Gasteiger partial charge in [-0.3, -0.25) is 0 Å². The Labute approximate surface area is 115 Å². The van der Waals surface area contributed by atoms with E-state index in [0.29, 0.717) is 27.2 Å². The zero-order valence-electron chi connectivity index (χ0n) is 9.39. The maximum Gasteiger partial charge on any atom is 0.328 e. The monoisotopic (exact) mass is 295 g/mol. The maximum absolute atomic E-state index is 11.4. The van der Waals surface area contributed by atoms with Crippen molar-refractivity contribution in [2.45, 2.75) is 19.4 Å². The van der Waals surface area contributed by atoms with Crippen molar-refractivity contribution >= 4 is 46.5 Å². The molecule has 1 rings (SSSR count). The third-order valence-corrected chi connectivity index (χ3v) is 3.03. The summed E-state index contributed by atoms with van der Waals surface area (Å²) in [5.41, 5.74) is 0.481. The van der Waals surface area contributed by atoms with Crippen molar-refractivity contribution in [2.24, 2.45) is 0 Å². The minimum absolute atomic E-state index is 0.366. The molecule has 94 valence electrons. The van der Waals surface area contributed by atoms with E-state index in [4.69, 9.17) is 34.8 Å². The molecule has 0 aliphatic carbocycles. The molecule has 3 nitrogen and oxygen atoms in total. The number of benzene rings is 1. The van der Waals surface area contributed by atoms with E-state index in [-0.39, 0.29) is 5.97 Å². The van der Waals surface area contributed by atoms with Crippen LogP contribution in [0.25, 0.3) is 0 Å². The number of carbonyl (C=O) groups excluding carboxylic acids is 1. The summed E-state index contributed by atoms with van der Waals surface area (Å²) in [4.78, 5) is 11.4. The molecule has 1 aromatic carbocycles. The summed E-state index contributed by atoms with van der Waals surface area (Å²) in [6, 6.07) is 2.62. The van der Waals surface area contributed by atoms with E-state index in [0.717, 1.165) is 0 Å². The quantitative estimate of drug-likeness (QED) is 0.853. The van der Waals surface area contributed by atoms with Crippen molar-refractivity contribution in [3.05, 3.63) is 27.2 Å². The van der Waals surface area contributed by atoms with E-state index in [1.807, 2.05) is 6.92 Å². The molecular formula is C11H12Cl3NO2. The van der Waals surface area contributed by atoms with Crippen LogP contribution < -0.4 is 5.32 Å². The van der Waals surface area contributed by atoms with E-state index in [1.165, 1.54) is 7.11 Å².